The first kappa shape index (κ1) is 17.0. The second kappa shape index (κ2) is 6.97. The van der Waals surface area contributed by atoms with Crippen molar-refractivity contribution >= 4 is 45.2 Å². The van der Waals surface area contributed by atoms with E-state index in [2.05, 4.69) is 60.8 Å². The van der Waals surface area contributed by atoms with E-state index in [0.717, 1.165) is 25.8 Å². The Morgan fingerprint density at radius 2 is 2.00 bits per heavy atom. The highest BCUT2D eigenvalue weighted by Gasteiger charge is 2.14. The summed E-state index contributed by atoms with van der Waals surface area (Å²) in [4.78, 5) is 12.4. The van der Waals surface area contributed by atoms with Crippen molar-refractivity contribution in [3.63, 3.8) is 0 Å². The van der Waals surface area contributed by atoms with Gasteiger partial charge in [0.15, 0.2) is 0 Å². The third-order valence-corrected chi connectivity index (χ3v) is 5.10. The molecule has 124 valence electrons. The van der Waals surface area contributed by atoms with Crippen LogP contribution >= 0.6 is 22.6 Å². The van der Waals surface area contributed by atoms with Gasteiger partial charge in [0.2, 0.25) is 5.91 Å². The third kappa shape index (κ3) is 3.48. The molecular weight excluding hydrogens is 413 g/mol. The van der Waals surface area contributed by atoms with Crippen LogP contribution in [0.2, 0.25) is 0 Å². The number of halogens is 1. The molecule has 0 aliphatic heterocycles. The lowest BCUT2D eigenvalue weighted by atomic mass is 9.95. The molecule has 0 fully saturated rings. The highest BCUT2D eigenvalue weighted by atomic mass is 127. The summed E-state index contributed by atoms with van der Waals surface area (Å²) in [6.07, 6.45) is 2.00. The second-order valence-electron chi connectivity index (χ2n) is 6.33. The average Bonchev–Trinajstić information content (AvgIpc) is 2.90. The van der Waals surface area contributed by atoms with Crippen LogP contribution in [-0.4, -0.2) is 5.91 Å². The summed E-state index contributed by atoms with van der Waals surface area (Å²) in [6, 6.07) is 12.0. The molecule has 3 rings (SSSR count). The summed E-state index contributed by atoms with van der Waals surface area (Å²) in [7, 11) is 0. The Hall–Kier alpha value is -1.82. The first-order valence-corrected chi connectivity index (χ1v) is 9.08. The van der Waals surface area contributed by atoms with Gasteiger partial charge in [-0.1, -0.05) is 26.0 Å². The van der Waals surface area contributed by atoms with E-state index in [9.17, 15) is 4.79 Å². The van der Waals surface area contributed by atoms with Gasteiger partial charge in [0, 0.05) is 14.5 Å². The number of aryl methyl sites for hydroxylation is 1. The monoisotopic (exact) mass is 433 g/mol. The minimum Gasteiger partial charge on any atom is -0.464 e. The fourth-order valence-electron chi connectivity index (χ4n) is 2.93. The lowest BCUT2D eigenvalue weighted by molar-refractivity contribution is -0.115. The van der Waals surface area contributed by atoms with Crippen LogP contribution in [0.15, 0.2) is 47.1 Å². The average molecular weight is 433 g/mol. The summed E-state index contributed by atoms with van der Waals surface area (Å²) in [5, 5.41) is 4.00. The van der Waals surface area contributed by atoms with Gasteiger partial charge in [0.25, 0.3) is 0 Å². The standard InChI is InChI=1S/C20H20INO2/c1-12(2)15-10-16-14(11-24-19(16)8-13(15)3)9-20(23)22-18-7-5-4-6-17(18)21/h4-8,10-12H,9H2,1-3H3,(H,22,23). The summed E-state index contributed by atoms with van der Waals surface area (Å²) < 4.78 is 6.68. The van der Waals surface area contributed by atoms with Crippen LogP contribution in [0.5, 0.6) is 0 Å². The number of rotatable bonds is 4. The maximum atomic E-state index is 12.4. The van der Waals surface area contributed by atoms with E-state index in [4.69, 9.17) is 4.42 Å². The van der Waals surface area contributed by atoms with Gasteiger partial charge >= 0.3 is 0 Å². The van der Waals surface area contributed by atoms with Gasteiger partial charge in [-0.15, -0.1) is 0 Å². The van der Waals surface area contributed by atoms with E-state index in [1.807, 2.05) is 24.3 Å². The molecule has 0 spiro atoms. The predicted molar refractivity (Wildman–Crippen MR) is 107 cm³/mol. The molecule has 1 amide bonds. The SMILES string of the molecule is Cc1cc2occ(CC(=O)Nc3ccccc3I)c2cc1C(C)C. The van der Waals surface area contributed by atoms with Crippen molar-refractivity contribution in [1.82, 2.24) is 0 Å². The fourth-order valence-corrected chi connectivity index (χ4v) is 3.46. The molecule has 0 radical (unpaired) electrons. The van der Waals surface area contributed by atoms with Crippen molar-refractivity contribution in [1.29, 1.82) is 0 Å². The van der Waals surface area contributed by atoms with Gasteiger partial charge in [-0.2, -0.15) is 0 Å². The zero-order chi connectivity index (χ0) is 17.3. The smallest absolute Gasteiger partial charge is 0.228 e. The summed E-state index contributed by atoms with van der Waals surface area (Å²) in [5.41, 5.74) is 5.13. The Bertz CT molecular complexity index is 896. The molecular formula is C20H20INO2. The van der Waals surface area contributed by atoms with Crippen LogP contribution in [0.4, 0.5) is 5.69 Å². The molecule has 0 saturated carbocycles. The first-order valence-electron chi connectivity index (χ1n) is 8.00. The normalized spacial score (nSPS) is 11.2. The Balaban J connectivity index is 1.86. The van der Waals surface area contributed by atoms with E-state index in [0.29, 0.717) is 12.3 Å². The zero-order valence-electron chi connectivity index (χ0n) is 14.0. The van der Waals surface area contributed by atoms with E-state index >= 15 is 0 Å². The highest BCUT2D eigenvalue weighted by molar-refractivity contribution is 14.1. The number of fused-ring (bicyclic) bond motifs is 1. The second-order valence-corrected chi connectivity index (χ2v) is 7.49. The number of anilines is 1. The number of amides is 1. The lowest BCUT2D eigenvalue weighted by Crippen LogP contribution is -2.14. The Morgan fingerprint density at radius 3 is 2.71 bits per heavy atom. The van der Waals surface area contributed by atoms with Gasteiger partial charge in [-0.05, 0) is 70.8 Å². The number of benzene rings is 2. The number of carbonyl (C=O) groups is 1. The summed E-state index contributed by atoms with van der Waals surface area (Å²) in [5.74, 6) is 0.408. The van der Waals surface area contributed by atoms with Crippen molar-refractivity contribution in [3.05, 3.63) is 62.9 Å². The maximum absolute atomic E-state index is 12.4. The van der Waals surface area contributed by atoms with Crippen LogP contribution < -0.4 is 5.32 Å². The number of nitrogens with one attached hydrogen (secondary N) is 1. The minimum absolute atomic E-state index is 0.0338. The van der Waals surface area contributed by atoms with Crippen molar-refractivity contribution < 1.29 is 9.21 Å². The number of hydrogen-bond donors (Lipinski definition) is 1. The first-order chi connectivity index (χ1) is 11.5. The maximum Gasteiger partial charge on any atom is 0.228 e. The number of carbonyl (C=O) groups excluding carboxylic acids is 1. The van der Waals surface area contributed by atoms with E-state index < -0.39 is 0 Å². The Labute approximate surface area is 155 Å². The molecule has 0 bridgehead atoms. The van der Waals surface area contributed by atoms with Gasteiger partial charge in [-0.25, -0.2) is 0 Å². The van der Waals surface area contributed by atoms with Crippen LogP contribution in [0.25, 0.3) is 11.0 Å². The number of furan rings is 1. The van der Waals surface area contributed by atoms with Crippen molar-refractivity contribution in [2.45, 2.75) is 33.1 Å². The molecule has 3 nitrogen and oxygen atoms in total. The summed E-state index contributed by atoms with van der Waals surface area (Å²) in [6.45, 7) is 6.46. The van der Waals surface area contributed by atoms with Crippen molar-refractivity contribution in [2.75, 3.05) is 5.32 Å². The largest absolute Gasteiger partial charge is 0.464 e. The van der Waals surface area contributed by atoms with Gasteiger partial charge in [0.1, 0.15) is 5.58 Å². The minimum atomic E-state index is -0.0338. The topological polar surface area (TPSA) is 42.2 Å². The molecule has 3 aromatic rings. The number of hydrogen-bond acceptors (Lipinski definition) is 2. The lowest BCUT2D eigenvalue weighted by Gasteiger charge is -2.10. The van der Waals surface area contributed by atoms with Gasteiger partial charge < -0.3 is 9.73 Å². The molecule has 1 heterocycles. The molecule has 0 saturated heterocycles. The van der Waals surface area contributed by atoms with Crippen molar-refractivity contribution in [2.24, 2.45) is 0 Å². The van der Waals surface area contributed by atoms with E-state index in [1.165, 1.54) is 11.1 Å². The van der Waals surface area contributed by atoms with Crippen LogP contribution in [-0.2, 0) is 11.2 Å². The van der Waals surface area contributed by atoms with Gasteiger partial charge in [0.05, 0.1) is 18.4 Å². The van der Waals surface area contributed by atoms with Crippen LogP contribution in [0.3, 0.4) is 0 Å². The molecule has 0 aliphatic rings. The Morgan fingerprint density at radius 1 is 1.25 bits per heavy atom. The molecule has 0 aliphatic carbocycles. The van der Waals surface area contributed by atoms with Crippen LogP contribution in [0, 0.1) is 10.5 Å². The molecule has 2 aromatic carbocycles. The van der Waals surface area contributed by atoms with E-state index in [-0.39, 0.29) is 5.91 Å². The van der Waals surface area contributed by atoms with Crippen LogP contribution in [0.1, 0.15) is 36.5 Å². The molecule has 0 atom stereocenters. The molecule has 24 heavy (non-hydrogen) atoms. The third-order valence-electron chi connectivity index (χ3n) is 4.16. The molecule has 1 N–H and O–H groups in total. The predicted octanol–water partition coefficient (Wildman–Crippen LogP) is 5.65. The highest BCUT2D eigenvalue weighted by Crippen LogP contribution is 2.29. The summed E-state index contributed by atoms with van der Waals surface area (Å²) >= 11 is 2.22. The number of para-hydroxylation sites is 1. The van der Waals surface area contributed by atoms with Gasteiger partial charge in [-0.3, -0.25) is 4.79 Å². The van der Waals surface area contributed by atoms with Crippen molar-refractivity contribution in [3.8, 4) is 0 Å². The molecule has 4 heteroatoms. The molecule has 0 unspecified atom stereocenters. The zero-order valence-corrected chi connectivity index (χ0v) is 16.2. The molecule has 1 aromatic heterocycles. The fraction of sp³-hybridized carbons (Fsp3) is 0.250. The quantitative estimate of drug-likeness (QED) is 0.541. The van der Waals surface area contributed by atoms with E-state index in [1.54, 1.807) is 6.26 Å². The Kier molecular flexibility index (Phi) is 4.94.